The third kappa shape index (κ3) is 6.44. The summed E-state index contributed by atoms with van der Waals surface area (Å²) in [5.41, 5.74) is 1.51. The second kappa shape index (κ2) is 14.3. The Labute approximate surface area is 275 Å². The highest BCUT2D eigenvalue weighted by Crippen LogP contribution is 2.37. The molecular formula is C41H40O6. The molecule has 0 spiro atoms. The molecule has 6 nitrogen and oxygen atoms in total. The van der Waals surface area contributed by atoms with Crippen molar-refractivity contribution < 1.29 is 28.5 Å². The largest absolute Gasteiger partial charge is 0.457 e. The van der Waals surface area contributed by atoms with Crippen LogP contribution in [0, 0.1) is 0 Å². The maximum Gasteiger partial charge on any atom is 0.340 e. The molecule has 6 rings (SSSR count). The summed E-state index contributed by atoms with van der Waals surface area (Å²) in [6.45, 7) is 3.84. The fourth-order valence-electron chi connectivity index (χ4n) is 6.65. The second-order valence-corrected chi connectivity index (χ2v) is 12.0. The quantitative estimate of drug-likeness (QED) is 0.0993. The van der Waals surface area contributed by atoms with Crippen LogP contribution in [0.5, 0.6) is 0 Å². The average Bonchev–Trinajstić information content (AvgIpc) is 3.10. The summed E-state index contributed by atoms with van der Waals surface area (Å²) >= 11 is 0. The molecule has 0 fully saturated rings. The maximum atomic E-state index is 14.0. The number of rotatable bonds is 12. The van der Waals surface area contributed by atoms with E-state index in [-0.39, 0.29) is 0 Å². The molecular weight excluding hydrogens is 588 g/mol. The summed E-state index contributed by atoms with van der Waals surface area (Å²) in [7, 11) is 3.03. The molecule has 0 aliphatic heterocycles. The number of unbranched alkanes of at least 4 members (excludes halogenated alkanes) is 1. The average molecular weight is 629 g/mol. The molecule has 240 valence electrons. The van der Waals surface area contributed by atoms with Crippen LogP contribution in [0.2, 0.25) is 0 Å². The monoisotopic (exact) mass is 628 g/mol. The number of carbonyl (C=O) groups excluding carboxylic acids is 2. The number of hydrogen-bond donors (Lipinski definition) is 0. The van der Waals surface area contributed by atoms with E-state index in [0.29, 0.717) is 6.42 Å². The van der Waals surface area contributed by atoms with Gasteiger partial charge in [-0.1, -0.05) is 110 Å². The molecule has 0 radical (unpaired) electrons. The van der Waals surface area contributed by atoms with E-state index in [0.717, 1.165) is 67.1 Å². The SMILES string of the molecule is CCCC[C@@H](OC(=O)[C@@H](OC)c1c2ccccc2cc2ccccc12)[C@H](C)OC(=O)[C@@H](OC)c1c2ccccc2cc2ccccc12. The molecule has 0 saturated carbocycles. The van der Waals surface area contributed by atoms with E-state index < -0.39 is 36.4 Å². The zero-order valence-electron chi connectivity index (χ0n) is 27.3. The fraction of sp³-hybridized carbons (Fsp3) is 0.268. The maximum absolute atomic E-state index is 14.0. The zero-order chi connectivity index (χ0) is 32.9. The number of methoxy groups -OCH3 is 2. The minimum atomic E-state index is -0.982. The molecule has 6 aromatic rings. The summed E-state index contributed by atoms with van der Waals surface area (Å²) in [5, 5.41) is 7.70. The molecule has 4 atom stereocenters. The van der Waals surface area contributed by atoms with Gasteiger partial charge in [0.15, 0.2) is 12.2 Å². The Morgan fingerprint density at radius 3 is 1.30 bits per heavy atom. The Bertz CT molecular complexity index is 1940. The molecule has 0 amide bonds. The lowest BCUT2D eigenvalue weighted by molar-refractivity contribution is -0.179. The number of carbonyl (C=O) groups is 2. The molecule has 47 heavy (non-hydrogen) atoms. The lowest BCUT2D eigenvalue weighted by Crippen LogP contribution is -2.36. The fourth-order valence-corrected chi connectivity index (χ4v) is 6.65. The Morgan fingerprint density at radius 2 is 0.936 bits per heavy atom. The van der Waals surface area contributed by atoms with E-state index in [2.05, 4.69) is 19.1 Å². The lowest BCUT2D eigenvalue weighted by Gasteiger charge is -2.28. The first-order valence-electron chi connectivity index (χ1n) is 16.2. The van der Waals surface area contributed by atoms with Crippen LogP contribution in [0.3, 0.4) is 0 Å². The molecule has 0 bridgehead atoms. The van der Waals surface area contributed by atoms with Crippen molar-refractivity contribution in [1.82, 2.24) is 0 Å². The van der Waals surface area contributed by atoms with E-state index in [1.807, 2.05) is 97.1 Å². The van der Waals surface area contributed by atoms with E-state index in [1.54, 1.807) is 6.92 Å². The standard InChI is InChI=1S/C41H40O6/c1-5-6-23-35(47-41(43)39(45-4)37-33-21-13-9-17-29(33)25-30-18-10-14-22-34(30)37)26(2)46-40(42)38(44-3)36-31-19-11-7-15-27(31)24-28-16-8-12-20-32(28)36/h7-22,24-26,35,38-39H,5-6,23H2,1-4H3/t26-,35+,38-,39-/m0/s1. The molecule has 0 N–H and O–H groups in total. The van der Waals surface area contributed by atoms with Crippen molar-refractivity contribution in [3.8, 4) is 0 Å². The summed E-state index contributed by atoms with van der Waals surface area (Å²) in [4.78, 5) is 27.9. The molecule has 0 aromatic heterocycles. The Kier molecular flexibility index (Phi) is 9.81. The van der Waals surface area contributed by atoms with Gasteiger partial charge in [0, 0.05) is 25.3 Å². The van der Waals surface area contributed by atoms with E-state index in [1.165, 1.54) is 14.2 Å². The van der Waals surface area contributed by atoms with Crippen molar-refractivity contribution in [3.05, 3.63) is 120 Å². The van der Waals surface area contributed by atoms with E-state index in [4.69, 9.17) is 18.9 Å². The summed E-state index contributed by atoms with van der Waals surface area (Å²) in [5.74, 6) is -1.07. The molecule has 0 heterocycles. The third-order valence-corrected chi connectivity index (χ3v) is 8.99. The predicted octanol–water partition coefficient (Wildman–Crippen LogP) is 9.41. The van der Waals surface area contributed by atoms with Gasteiger partial charge < -0.3 is 18.9 Å². The first-order chi connectivity index (χ1) is 22.9. The minimum Gasteiger partial charge on any atom is -0.457 e. The van der Waals surface area contributed by atoms with Crippen LogP contribution < -0.4 is 0 Å². The van der Waals surface area contributed by atoms with Crippen LogP contribution in [0.15, 0.2) is 109 Å². The van der Waals surface area contributed by atoms with Crippen LogP contribution in [0.25, 0.3) is 43.1 Å². The Hall–Kier alpha value is -4.78. The number of ether oxygens (including phenoxy) is 4. The van der Waals surface area contributed by atoms with Crippen molar-refractivity contribution in [3.63, 3.8) is 0 Å². The smallest absolute Gasteiger partial charge is 0.340 e. The van der Waals surface area contributed by atoms with Gasteiger partial charge in [0.05, 0.1) is 0 Å². The van der Waals surface area contributed by atoms with Gasteiger partial charge in [-0.25, -0.2) is 9.59 Å². The molecule has 6 heteroatoms. The number of esters is 2. The van der Waals surface area contributed by atoms with Crippen LogP contribution in [-0.4, -0.2) is 38.4 Å². The first-order valence-corrected chi connectivity index (χ1v) is 16.2. The van der Waals surface area contributed by atoms with E-state index >= 15 is 0 Å². The second-order valence-electron chi connectivity index (χ2n) is 12.0. The minimum absolute atomic E-state index is 0.526. The molecule has 0 aliphatic carbocycles. The van der Waals surface area contributed by atoms with Crippen LogP contribution in [0.1, 0.15) is 56.4 Å². The normalized spacial score (nSPS) is 14.2. The third-order valence-electron chi connectivity index (χ3n) is 8.99. The van der Waals surface area contributed by atoms with Crippen molar-refractivity contribution in [2.45, 2.75) is 57.5 Å². The Morgan fingerprint density at radius 1 is 0.574 bits per heavy atom. The van der Waals surface area contributed by atoms with Gasteiger partial charge in [0.2, 0.25) is 0 Å². The summed E-state index contributed by atoms with van der Waals surface area (Å²) in [6, 6.07) is 36.0. The topological polar surface area (TPSA) is 71.1 Å². The van der Waals surface area contributed by atoms with Crippen molar-refractivity contribution in [2.75, 3.05) is 14.2 Å². The van der Waals surface area contributed by atoms with Gasteiger partial charge in [0.25, 0.3) is 0 Å². The van der Waals surface area contributed by atoms with Crippen LogP contribution >= 0.6 is 0 Å². The number of benzene rings is 6. The van der Waals surface area contributed by atoms with Crippen LogP contribution in [0.4, 0.5) is 0 Å². The van der Waals surface area contributed by atoms with Gasteiger partial charge in [-0.15, -0.1) is 0 Å². The molecule has 0 aliphatic rings. The van der Waals surface area contributed by atoms with Gasteiger partial charge >= 0.3 is 11.9 Å². The van der Waals surface area contributed by atoms with Gasteiger partial charge in [-0.2, -0.15) is 0 Å². The highest BCUT2D eigenvalue weighted by molar-refractivity contribution is 6.06. The van der Waals surface area contributed by atoms with Crippen molar-refractivity contribution in [1.29, 1.82) is 0 Å². The van der Waals surface area contributed by atoms with Gasteiger partial charge in [-0.3, -0.25) is 0 Å². The summed E-state index contributed by atoms with van der Waals surface area (Å²) < 4.78 is 24.0. The lowest BCUT2D eigenvalue weighted by atomic mass is 9.93. The number of hydrogen-bond acceptors (Lipinski definition) is 6. The molecule has 0 unspecified atom stereocenters. The van der Waals surface area contributed by atoms with Gasteiger partial charge in [0.1, 0.15) is 12.2 Å². The molecule has 0 saturated heterocycles. The van der Waals surface area contributed by atoms with Crippen molar-refractivity contribution >= 4 is 55.0 Å². The van der Waals surface area contributed by atoms with E-state index in [9.17, 15) is 9.59 Å². The predicted molar refractivity (Wildman–Crippen MR) is 187 cm³/mol. The Balaban J connectivity index is 1.30. The summed E-state index contributed by atoms with van der Waals surface area (Å²) in [6.07, 6.45) is -1.18. The van der Waals surface area contributed by atoms with Crippen molar-refractivity contribution in [2.24, 2.45) is 0 Å². The van der Waals surface area contributed by atoms with Gasteiger partial charge in [-0.05, 0) is 75.0 Å². The highest BCUT2D eigenvalue weighted by Gasteiger charge is 2.34. The zero-order valence-corrected chi connectivity index (χ0v) is 27.3. The molecule has 6 aromatic carbocycles. The first kappa shape index (κ1) is 32.2. The van der Waals surface area contributed by atoms with Crippen LogP contribution in [-0.2, 0) is 28.5 Å². The highest BCUT2D eigenvalue weighted by atomic mass is 16.6. The number of fused-ring (bicyclic) bond motifs is 4.